The largest absolute Gasteiger partial charge is 0.343 e. The topological polar surface area (TPSA) is 33.2 Å². The molecule has 1 aliphatic heterocycles. The Morgan fingerprint density at radius 3 is 2.65 bits per heavy atom. The molecule has 1 spiro atoms. The van der Waals surface area contributed by atoms with Crippen molar-refractivity contribution >= 4 is 5.91 Å². The highest BCUT2D eigenvalue weighted by atomic mass is 16.2. The summed E-state index contributed by atoms with van der Waals surface area (Å²) in [6.45, 7) is 3.47. The van der Waals surface area contributed by atoms with Gasteiger partial charge in [-0.25, -0.2) is 0 Å². The van der Waals surface area contributed by atoms with Crippen molar-refractivity contribution in [3.63, 3.8) is 0 Å². The number of likely N-dealkylation sites (tertiary alicyclic amines) is 1. The molecule has 2 aromatic rings. The summed E-state index contributed by atoms with van der Waals surface area (Å²) in [6.07, 6.45) is 8.33. The van der Waals surface area contributed by atoms with Crippen LogP contribution in [0.15, 0.2) is 42.7 Å². The number of rotatable bonds is 1. The van der Waals surface area contributed by atoms with E-state index < -0.39 is 0 Å². The fourth-order valence-electron chi connectivity index (χ4n) is 4.28. The number of carbonyl (C=O) groups excluding carboxylic acids is 1. The summed E-state index contributed by atoms with van der Waals surface area (Å²) < 4.78 is 0. The van der Waals surface area contributed by atoms with E-state index in [1.165, 1.54) is 35.1 Å². The summed E-state index contributed by atoms with van der Waals surface area (Å²) in [7, 11) is 0. The lowest BCUT2D eigenvalue weighted by Gasteiger charge is -2.40. The zero-order valence-corrected chi connectivity index (χ0v) is 13.6. The first-order chi connectivity index (χ1) is 11.2. The molecule has 3 heteroatoms. The number of piperidine rings is 1. The molecule has 1 aliphatic carbocycles. The third kappa shape index (κ3) is 2.44. The summed E-state index contributed by atoms with van der Waals surface area (Å²) in [5.41, 5.74) is 5.72. The molecule has 0 N–H and O–H groups in total. The maximum atomic E-state index is 11.6. The average Bonchev–Trinajstić information content (AvgIpc) is 2.94. The summed E-state index contributed by atoms with van der Waals surface area (Å²) >= 11 is 0. The molecule has 118 valence electrons. The highest BCUT2D eigenvalue weighted by molar-refractivity contribution is 5.73. The van der Waals surface area contributed by atoms with Gasteiger partial charge in [0.05, 0.1) is 0 Å². The number of hydrogen-bond acceptors (Lipinski definition) is 2. The van der Waals surface area contributed by atoms with E-state index >= 15 is 0 Å². The maximum absolute atomic E-state index is 11.6. The van der Waals surface area contributed by atoms with Crippen LogP contribution >= 0.6 is 0 Å². The maximum Gasteiger partial charge on any atom is 0.219 e. The van der Waals surface area contributed by atoms with Crippen LogP contribution in [-0.2, 0) is 16.6 Å². The van der Waals surface area contributed by atoms with Crippen molar-refractivity contribution in [1.29, 1.82) is 0 Å². The van der Waals surface area contributed by atoms with Crippen molar-refractivity contribution in [3.8, 4) is 11.1 Å². The Hall–Kier alpha value is -2.16. The summed E-state index contributed by atoms with van der Waals surface area (Å²) in [5, 5.41) is 0. The normalized spacial score (nSPS) is 18.9. The van der Waals surface area contributed by atoms with Crippen molar-refractivity contribution in [2.75, 3.05) is 13.1 Å². The number of pyridine rings is 1. The van der Waals surface area contributed by atoms with Crippen LogP contribution in [0.25, 0.3) is 11.1 Å². The van der Waals surface area contributed by atoms with E-state index in [1.807, 2.05) is 23.4 Å². The Labute approximate surface area is 137 Å². The minimum Gasteiger partial charge on any atom is -0.343 e. The molecule has 1 saturated heterocycles. The van der Waals surface area contributed by atoms with Gasteiger partial charge in [-0.1, -0.05) is 24.3 Å². The molecule has 2 heterocycles. The van der Waals surface area contributed by atoms with E-state index in [1.54, 1.807) is 6.92 Å². The molecule has 4 rings (SSSR count). The van der Waals surface area contributed by atoms with Crippen molar-refractivity contribution in [2.24, 2.45) is 0 Å². The van der Waals surface area contributed by atoms with Crippen LogP contribution in [0.1, 0.15) is 37.3 Å². The monoisotopic (exact) mass is 306 g/mol. The van der Waals surface area contributed by atoms with Crippen LogP contribution in [0.2, 0.25) is 0 Å². The number of aryl methyl sites for hydroxylation is 1. The molecule has 1 aromatic heterocycles. The van der Waals surface area contributed by atoms with E-state index in [2.05, 4.69) is 29.2 Å². The third-order valence-electron chi connectivity index (χ3n) is 5.71. The molecule has 0 unspecified atom stereocenters. The fraction of sp³-hybridized carbons (Fsp3) is 0.400. The molecule has 23 heavy (non-hydrogen) atoms. The number of benzene rings is 1. The van der Waals surface area contributed by atoms with Gasteiger partial charge in [-0.05, 0) is 59.4 Å². The van der Waals surface area contributed by atoms with Gasteiger partial charge in [0, 0.05) is 32.4 Å². The lowest BCUT2D eigenvalue weighted by atomic mass is 9.73. The van der Waals surface area contributed by atoms with Crippen molar-refractivity contribution < 1.29 is 4.79 Å². The highest BCUT2D eigenvalue weighted by Crippen LogP contribution is 2.47. The van der Waals surface area contributed by atoms with Crippen LogP contribution in [0.4, 0.5) is 0 Å². The minimum absolute atomic E-state index is 0.210. The zero-order valence-electron chi connectivity index (χ0n) is 13.6. The van der Waals surface area contributed by atoms with Gasteiger partial charge < -0.3 is 4.90 Å². The number of aromatic nitrogens is 1. The summed E-state index contributed by atoms with van der Waals surface area (Å²) in [6, 6.07) is 11.0. The Balaban J connectivity index is 1.67. The van der Waals surface area contributed by atoms with Crippen LogP contribution in [-0.4, -0.2) is 28.9 Å². The van der Waals surface area contributed by atoms with E-state index in [9.17, 15) is 4.79 Å². The predicted molar refractivity (Wildman–Crippen MR) is 91.2 cm³/mol. The molecule has 0 saturated carbocycles. The molecular weight excluding hydrogens is 284 g/mol. The van der Waals surface area contributed by atoms with Crippen molar-refractivity contribution in [3.05, 3.63) is 53.9 Å². The van der Waals surface area contributed by atoms with Gasteiger partial charge in [-0.2, -0.15) is 0 Å². The lowest BCUT2D eigenvalue weighted by Crippen LogP contribution is -2.43. The van der Waals surface area contributed by atoms with Crippen LogP contribution in [0.3, 0.4) is 0 Å². The van der Waals surface area contributed by atoms with Gasteiger partial charge in [-0.3, -0.25) is 9.78 Å². The molecule has 0 atom stereocenters. The summed E-state index contributed by atoms with van der Waals surface area (Å²) in [4.78, 5) is 17.8. The number of fused-ring (bicyclic) bond motifs is 2. The third-order valence-corrected chi connectivity index (χ3v) is 5.71. The number of amides is 1. The molecule has 1 amide bonds. The van der Waals surface area contributed by atoms with Gasteiger partial charge in [-0.15, -0.1) is 0 Å². The smallest absolute Gasteiger partial charge is 0.219 e. The number of carbonyl (C=O) groups is 1. The second-order valence-corrected chi connectivity index (χ2v) is 6.90. The molecule has 0 bridgehead atoms. The van der Waals surface area contributed by atoms with E-state index in [-0.39, 0.29) is 11.3 Å². The van der Waals surface area contributed by atoms with Crippen LogP contribution in [0.5, 0.6) is 0 Å². The second-order valence-electron chi connectivity index (χ2n) is 6.90. The Morgan fingerprint density at radius 2 is 1.96 bits per heavy atom. The SMILES string of the molecule is CC(=O)N1CCC2(CCc3ccc(-c4cccnc4)cc32)CC1. The van der Waals surface area contributed by atoms with Crippen molar-refractivity contribution in [1.82, 2.24) is 9.88 Å². The second kappa shape index (κ2) is 5.48. The first-order valence-electron chi connectivity index (χ1n) is 8.47. The van der Waals surface area contributed by atoms with Gasteiger partial charge in [0.2, 0.25) is 5.91 Å². The first-order valence-corrected chi connectivity index (χ1v) is 8.47. The van der Waals surface area contributed by atoms with Gasteiger partial charge in [0.25, 0.3) is 0 Å². The summed E-state index contributed by atoms with van der Waals surface area (Å²) in [5.74, 6) is 0.210. The molecule has 1 fully saturated rings. The fourth-order valence-corrected chi connectivity index (χ4v) is 4.28. The Bertz CT molecular complexity index is 731. The van der Waals surface area contributed by atoms with E-state index in [4.69, 9.17) is 0 Å². The first kappa shape index (κ1) is 14.4. The molecule has 0 radical (unpaired) electrons. The van der Waals surface area contributed by atoms with Gasteiger partial charge >= 0.3 is 0 Å². The lowest BCUT2D eigenvalue weighted by molar-refractivity contribution is -0.130. The van der Waals surface area contributed by atoms with Crippen molar-refractivity contribution in [2.45, 2.75) is 38.0 Å². The Kier molecular flexibility index (Phi) is 3.44. The average molecular weight is 306 g/mol. The van der Waals surface area contributed by atoms with Crippen LogP contribution < -0.4 is 0 Å². The standard InChI is InChI=1S/C20H22N2O/c1-15(23)22-11-8-20(9-12-22)7-6-16-4-5-17(13-19(16)20)18-3-2-10-21-14-18/h2-5,10,13-14H,6-9,11-12H2,1H3. The quantitative estimate of drug-likeness (QED) is 0.807. The van der Waals surface area contributed by atoms with E-state index in [0.717, 1.165) is 25.9 Å². The Morgan fingerprint density at radius 1 is 1.13 bits per heavy atom. The number of hydrogen-bond donors (Lipinski definition) is 0. The van der Waals surface area contributed by atoms with Crippen LogP contribution in [0, 0.1) is 0 Å². The van der Waals surface area contributed by atoms with E-state index in [0.29, 0.717) is 0 Å². The predicted octanol–water partition coefficient (Wildman–Crippen LogP) is 3.57. The molecule has 1 aromatic carbocycles. The molecule has 2 aliphatic rings. The zero-order chi connectivity index (χ0) is 15.9. The molecular formula is C20H22N2O. The highest BCUT2D eigenvalue weighted by Gasteiger charge is 2.41. The van der Waals surface area contributed by atoms with Gasteiger partial charge in [0.1, 0.15) is 0 Å². The minimum atomic E-state index is 0.210. The molecule has 3 nitrogen and oxygen atoms in total. The number of nitrogens with zero attached hydrogens (tertiary/aromatic N) is 2. The van der Waals surface area contributed by atoms with Gasteiger partial charge in [0.15, 0.2) is 0 Å².